The maximum atomic E-state index is 3.70. The van der Waals surface area contributed by atoms with Gasteiger partial charge in [-0.1, -0.05) is 19.8 Å². The Bertz CT molecular complexity index is 240. The van der Waals surface area contributed by atoms with E-state index in [1.165, 1.54) is 64.3 Å². The zero-order valence-electron chi connectivity index (χ0n) is 13.3. The van der Waals surface area contributed by atoms with E-state index < -0.39 is 0 Å². The minimum absolute atomic E-state index is 0.735. The summed E-state index contributed by atoms with van der Waals surface area (Å²) in [5.74, 6) is 1.01. The minimum atomic E-state index is 0.735. The predicted molar refractivity (Wildman–Crippen MR) is 83.5 cm³/mol. The lowest BCUT2D eigenvalue weighted by atomic mass is 9.83. The highest BCUT2D eigenvalue weighted by Gasteiger charge is 2.27. The van der Waals surface area contributed by atoms with Crippen LogP contribution in [0.2, 0.25) is 0 Å². The van der Waals surface area contributed by atoms with Gasteiger partial charge in [0.15, 0.2) is 0 Å². The molecule has 0 bridgehead atoms. The standard InChI is InChI=1S/C17H34N2/c1-4-15-8-10-17(11-9-15)19(3)14(2)13-16-7-5-6-12-18-16/h14-18H,4-13H2,1-3H3. The second kappa shape index (κ2) is 7.64. The minimum Gasteiger partial charge on any atom is -0.314 e. The lowest BCUT2D eigenvalue weighted by Gasteiger charge is -2.39. The third-order valence-corrected chi connectivity index (χ3v) is 5.70. The number of nitrogens with zero attached hydrogens (tertiary/aromatic N) is 1. The molecule has 0 radical (unpaired) electrons. The Morgan fingerprint density at radius 3 is 2.42 bits per heavy atom. The average Bonchev–Trinajstić information content (AvgIpc) is 2.47. The summed E-state index contributed by atoms with van der Waals surface area (Å²) in [4.78, 5) is 2.68. The van der Waals surface area contributed by atoms with Crippen LogP contribution in [-0.2, 0) is 0 Å². The van der Waals surface area contributed by atoms with Gasteiger partial charge in [-0.2, -0.15) is 0 Å². The van der Waals surface area contributed by atoms with E-state index in [1.807, 2.05) is 0 Å². The first-order valence-electron chi connectivity index (χ1n) is 8.66. The lowest BCUT2D eigenvalue weighted by molar-refractivity contribution is 0.113. The third kappa shape index (κ3) is 4.46. The first-order chi connectivity index (χ1) is 9.20. The maximum absolute atomic E-state index is 3.70. The molecule has 1 N–H and O–H groups in total. The van der Waals surface area contributed by atoms with Crippen LogP contribution in [0.15, 0.2) is 0 Å². The summed E-state index contributed by atoms with van der Waals surface area (Å²) in [5, 5.41) is 3.70. The molecule has 2 heteroatoms. The van der Waals surface area contributed by atoms with E-state index in [2.05, 4.69) is 31.1 Å². The molecule has 2 aliphatic rings. The first kappa shape index (κ1) is 15.3. The normalized spacial score (nSPS) is 34.4. The van der Waals surface area contributed by atoms with E-state index in [-0.39, 0.29) is 0 Å². The van der Waals surface area contributed by atoms with Gasteiger partial charge in [0.25, 0.3) is 0 Å². The van der Waals surface area contributed by atoms with Gasteiger partial charge in [-0.15, -0.1) is 0 Å². The van der Waals surface area contributed by atoms with Crippen LogP contribution >= 0.6 is 0 Å². The van der Waals surface area contributed by atoms with Gasteiger partial charge >= 0.3 is 0 Å². The molecule has 0 spiro atoms. The number of piperidine rings is 1. The van der Waals surface area contributed by atoms with E-state index in [4.69, 9.17) is 0 Å². The highest BCUT2D eigenvalue weighted by Crippen LogP contribution is 2.30. The summed E-state index contributed by atoms with van der Waals surface area (Å²) in [5.41, 5.74) is 0. The van der Waals surface area contributed by atoms with E-state index >= 15 is 0 Å². The molecule has 0 aromatic rings. The van der Waals surface area contributed by atoms with E-state index in [1.54, 1.807) is 0 Å². The molecule has 2 unspecified atom stereocenters. The van der Waals surface area contributed by atoms with Gasteiger partial charge in [0.05, 0.1) is 0 Å². The molecule has 112 valence electrons. The summed E-state index contributed by atoms with van der Waals surface area (Å²) in [7, 11) is 2.37. The van der Waals surface area contributed by atoms with Crippen LogP contribution in [0.3, 0.4) is 0 Å². The van der Waals surface area contributed by atoms with Crippen LogP contribution in [0.25, 0.3) is 0 Å². The van der Waals surface area contributed by atoms with Crippen molar-refractivity contribution in [1.29, 1.82) is 0 Å². The van der Waals surface area contributed by atoms with Crippen LogP contribution in [0.1, 0.15) is 71.6 Å². The second-order valence-corrected chi connectivity index (χ2v) is 6.98. The van der Waals surface area contributed by atoms with Crippen molar-refractivity contribution in [2.75, 3.05) is 13.6 Å². The first-order valence-corrected chi connectivity index (χ1v) is 8.66. The molecule has 2 nitrogen and oxygen atoms in total. The Kier molecular flexibility index (Phi) is 6.15. The quantitative estimate of drug-likeness (QED) is 0.814. The molecule has 1 aliphatic heterocycles. The maximum Gasteiger partial charge on any atom is 0.00952 e. The second-order valence-electron chi connectivity index (χ2n) is 6.98. The molecule has 0 amide bonds. The van der Waals surface area contributed by atoms with Crippen molar-refractivity contribution in [1.82, 2.24) is 10.2 Å². The molecule has 1 heterocycles. The van der Waals surface area contributed by atoms with E-state index in [9.17, 15) is 0 Å². The van der Waals surface area contributed by atoms with Gasteiger partial charge in [0, 0.05) is 18.1 Å². The van der Waals surface area contributed by atoms with Crippen molar-refractivity contribution in [3.8, 4) is 0 Å². The van der Waals surface area contributed by atoms with Gasteiger partial charge < -0.3 is 10.2 Å². The zero-order valence-corrected chi connectivity index (χ0v) is 13.3. The molecule has 19 heavy (non-hydrogen) atoms. The molecule has 2 rings (SSSR count). The lowest BCUT2D eigenvalue weighted by Crippen LogP contribution is -2.45. The average molecular weight is 266 g/mol. The van der Waals surface area contributed by atoms with Crippen molar-refractivity contribution >= 4 is 0 Å². The molecule has 0 aromatic heterocycles. The van der Waals surface area contributed by atoms with Gasteiger partial charge in [0.1, 0.15) is 0 Å². The molecular weight excluding hydrogens is 232 g/mol. The summed E-state index contributed by atoms with van der Waals surface area (Å²) < 4.78 is 0. The molecule has 2 atom stereocenters. The van der Waals surface area contributed by atoms with Crippen LogP contribution in [0, 0.1) is 5.92 Å². The Morgan fingerprint density at radius 1 is 1.11 bits per heavy atom. The third-order valence-electron chi connectivity index (χ3n) is 5.70. The molecule has 1 saturated carbocycles. The van der Waals surface area contributed by atoms with Crippen molar-refractivity contribution < 1.29 is 0 Å². The molecule has 1 aliphatic carbocycles. The molecular formula is C17H34N2. The number of hydrogen-bond donors (Lipinski definition) is 1. The number of hydrogen-bond acceptors (Lipinski definition) is 2. The molecule has 1 saturated heterocycles. The van der Waals surface area contributed by atoms with Gasteiger partial charge in [-0.25, -0.2) is 0 Å². The summed E-state index contributed by atoms with van der Waals surface area (Å²) in [6.45, 7) is 6.02. The molecule has 2 fully saturated rings. The SMILES string of the molecule is CCC1CCC(N(C)C(C)CC2CCCCN2)CC1. The number of rotatable bonds is 5. The summed E-state index contributed by atoms with van der Waals surface area (Å²) >= 11 is 0. The fourth-order valence-corrected chi connectivity index (χ4v) is 4.02. The van der Waals surface area contributed by atoms with Crippen molar-refractivity contribution in [2.24, 2.45) is 5.92 Å². The highest BCUT2D eigenvalue weighted by molar-refractivity contribution is 4.83. The van der Waals surface area contributed by atoms with Gasteiger partial charge in [-0.05, 0) is 71.4 Å². The predicted octanol–water partition coefficient (Wildman–Crippen LogP) is 3.81. The van der Waals surface area contributed by atoms with Gasteiger partial charge in [0.2, 0.25) is 0 Å². The Labute approximate surface area is 120 Å². The van der Waals surface area contributed by atoms with E-state index in [0.717, 1.165) is 24.0 Å². The number of nitrogens with one attached hydrogen (secondary N) is 1. The van der Waals surface area contributed by atoms with Crippen molar-refractivity contribution in [3.63, 3.8) is 0 Å². The fourth-order valence-electron chi connectivity index (χ4n) is 4.02. The largest absolute Gasteiger partial charge is 0.314 e. The highest BCUT2D eigenvalue weighted by atomic mass is 15.2. The molecule has 0 aromatic carbocycles. The van der Waals surface area contributed by atoms with Gasteiger partial charge in [-0.3, -0.25) is 0 Å². The Hall–Kier alpha value is -0.0800. The Balaban J connectivity index is 1.73. The van der Waals surface area contributed by atoms with Crippen LogP contribution in [-0.4, -0.2) is 36.6 Å². The van der Waals surface area contributed by atoms with Crippen molar-refractivity contribution in [2.45, 2.75) is 89.8 Å². The van der Waals surface area contributed by atoms with Crippen LogP contribution < -0.4 is 5.32 Å². The Morgan fingerprint density at radius 2 is 1.84 bits per heavy atom. The fraction of sp³-hybridized carbons (Fsp3) is 1.00. The monoisotopic (exact) mass is 266 g/mol. The summed E-state index contributed by atoms with van der Waals surface area (Å²) in [6.07, 6.45) is 12.7. The van der Waals surface area contributed by atoms with Crippen LogP contribution in [0.5, 0.6) is 0 Å². The van der Waals surface area contributed by atoms with Crippen molar-refractivity contribution in [3.05, 3.63) is 0 Å². The van der Waals surface area contributed by atoms with Crippen LogP contribution in [0.4, 0.5) is 0 Å². The topological polar surface area (TPSA) is 15.3 Å². The smallest absolute Gasteiger partial charge is 0.00952 e. The zero-order chi connectivity index (χ0) is 13.7. The van der Waals surface area contributed by atoms with E-state index in [0.29, 0.717) is 0 Å². The summed E-state index contributed by atoms with van der Waals surface area (Å²) in [6, 6.07) is 2.36.